The van der Waals surface area contributed by atoms with Crippen LogP contribution in [0.2, 0.25) is 0 Å². The van der Waals surface area contributed by atoms with Gasteiger partial charge in [0.2, 0.25) is 5.96 Å². The number of rotatable bonds is 5. The van der Waals surface area contributed by atoms with Gasteiger partial charge in [0, 0.05) is 25.8 Å². The molecule has 1 saturated carbocycles. The second kappa shape index (κ2) is 7.06. The van der Waals surface area contributed by atoms with Gasteiger partial charge in [0.25, 0.3) is 5.91 Å². The fourth-order valence-corrected chi connectivity index (χ4v) is 3.99. The Morgan fingerprint density at radius 1 is 1.28 bits per heavy atom. The number of benzene rings is 1. The quantitative estimate of drug-likeness (QED) is 0.736. The minimum absolute atomic E-state index is 0.00576. The molecule has 5 rings (SSSR count). The summed E-state index contributed by atoms with van der Waals surface area (Å²) in [6.07, 6.45) is 9.16. The first-order valence-electron chi connectivity index (χ1n) is 10.2. The van der Waals surface area contributed by atoms with E-state index in [2.05, 4.69) is 9.88 Å². The molecule has 1 aliphatic carbocycles. The maximum absolute atomic E-state index is 12.9. The first-order chi connectivity index (χ1) is 14.1. The van der Waals surface area contributed by atoms with E-state index in [0.717, 1.165) is 60.6 Å². The first kappa shape index (κ1) is 18.0. The van der Waals surface area contributed by atoms with Crippen LogP contribution in [-0.2, 0) is 4.79 Å². The minimum Gasteiger partial charge on any atom is -0.495 e. The van der Waals surface area contributed by atoms with E-state index in [1.54, 1.807) is 13.4 Å². The highest BCUT2D eigenvalue weighted by atomic mass is 16.5. The molecule has 2 aliphatic heterocycles. The van der Waals surface area contributed by atoms with Gasteiger partial charge in [0.1, 0.15) is 11.4 Å². The molecule has 7 heteroatoms. The van der Waals surface area contributed by atoms with Crippen LogP contribution in [0.3, 0.4) is 0 Å². The van der Waals surface area contributed by atoms with E-state index in [0.29, 0.717) is 5.70 Å². The normalized spacial score (nSPS) is 20.3. The van der Waals surface area contributed by atoms with Crippen molar-refractivity contribution in [3.63, 3.8) is 0 Å². The molecular formula is C22H25N5O2. The smallest absolute Gasteiger partial charge is 0.279 e. The Hall–Kier alpha value is -3.09. The Balaban J connectivity index is 1.45. The maximum Gasteiger partial charge on any atom is 0.279 e. The van der Waals surface area contributed by atoms with Gasteiger partial charge < -0.3 is 14.2 Å². The number of carbonyl (C=O) groups is 1. The number of imidazole rings is 1. The SMILES string of the molecule is COc1cc(/C=C2\N=C3N(CC4CC4)CCCN3C2=O)ccc1-n1cnc(C)c1. The molecule has 3 aliphatic rings. The van der Waals surface area contributed by atoms with Gasteiger partial charge in [-0.1, -0.05) is 6.07 Å². The van der Waals surface area contributed by atoms with Gasteiger partial charge in [-0.3, -0.25) is 9.69 Å². The van der Waals surface area contributed by atoms with Gasteiger partial charge in [-0.15, -0.1) is 0 Å². The molecule has 2 aromatic rings. The van der Waals surface area contributed by atoms with Crippen molar-refractivity contribution in [3.8, 4) is 11.4 Å². The molecule has 150 valence electrons. The Kier molecular flexibility index (Phi) is 4.38. The molecule has 0 bridgehead atoms. The summed E-state index contributed by atoms with van der Waals surface area (Å²) in [6, 6.07) is 5.89. The lowest BCUT2D eigenvalue weighted by Gasteiger charge is -2.34. The van der Waals surface area contributed by atoms with Crippen LogP contribution in [0, 0.1) is 12.8 Å². The number of aryl methyl sites for hydroxylation is 1. The van der Waals surface area contributed by atoms with Gasteiger partial charge >= 0.3 is 0 Å². The van der Waals surface area contributed by atoms with Crippen LogP contribution in [-0.4, -0.2) is 58.0 Å². The fraction of sp³-hybridized carbons (Fsp3) is 0.409. The molecule has 7 nitrogen and oxygen atoms in total. The van der Waals surface area contributed by atoms with Gasteiger partial charge in [0.05, 0.1) is 24.8 Å². The van der Waals surface area contributed by atoms with E-state index in [1.165, 1.54) is 12.8 Å². The molecule has 0 N–H and O–H groups in total. The van der Waals surface area contributed by atoms with Crippen LogP contribution in [0.15, 0.2) is 41.4 Å². The Morgan fingerprint density at radius 2 is 2.14 bits per heavy atom. The number of ether oxygens (including phenoxy) is 1. The number of aliphatic imine (C=N–C) groups is 1. The van der Waals surface area contributed by atoms with Crippen molar-refractivity contribution in [2.75, 3.05) is 26.7 Å². The number of guanidine groups is 1. The third-order valence-corrected chi connectivity index (χ3v) is 5.69. The molecule has 3 heterocycles. The molecule has 0 spiro atoms. The molecule has 1 amide bonds. The van der Waals surface area contributed by atoms with E-state index in [1.807, 2.05) is 46.9 Å². The first-order valence-corrected chi connectivity index (χ1v) is 10.2. The molecule has 0 atom stereocenters. The zero-order valence-corrected chi connectivity index (χ0v) is 16.8. The molecule has 1 aromatic carbocycles. The zero-order chi connectivity index (χ0) is 20.0. The van der Waals surface area contributed by atoms with Crippen molar-refractivity contribution in [1.82, 2.24) is 19.4 Å². The summed E-state index contributed by atoms with van der Waals surface area (Å²) in [5, 5.41) is 0. The van der Waals surface area contributed by atoms with Crippen molar-refractivity contribution in [3.05, 3.63) is 47.7 Å². The predicted octanol–water partition coefficient (Wildman–Crippen LogP) is 2.84. The number of carbonyl (C=O) groups excluding carboxylic acids is 1. The summed E-state index contributed by atoms with van der Waals surface area (Å²) < 4.78 is 7.52. The van der Waals surface area contributed by atoms with Crippen molar-refractivity contribution in [2.24, 2.45) is 10.9 Å². The molecule has 1 saturated heterocycles. The maximum atomic E-state index is 12.9. The highest BCUT2D eigenvalue weighted by Gasteiger charge is 2.38. The van der Waals surface area contributed by atoms with Crippen LogP contribution >= 0.6 is 0 Å². The van der Waals surface area contributed by atoms with Gasteiger partial charge in [-0.25, -0.2) is 9.98 Å². The van der Waals surface area contributed by atoms with E-state index in [4.69, 9.17) is 9.73 Å². The van der Waals surface area contributed by atoms with Crippen LogP contribution in [0.25, 0.3) is 11.8 Å². The van der Waals surface area contributed by atoms with Crippen LogP contribution in [0.1, 0.15) is 30.5 Å². The lowest BCUT2D eigenvalue weighted by atomic mass is 10.1. The summed E-state index contributed by atoms with van der Waals surface area (Å²) in [6.45, 7) is 4.70. The number of methoxy groups -OCH3 is 1. The lowest BCUT2D eigenvalue weighted by Crippen LogP contribution is -2.50. The second-order valence-corrected chi connectivity index (χ2v) is 7.99. The molecule has 0 radical (unpaired) electrons. The molecular weight excluding hydrogens is 366 g/mol. The largest absolute Gasteiger partial charge is 0.495 e. The number of hydrogen-bond donors (Lipinski definition) is 0. The highest BCUT2D eigenvalue weighted by molar-refractivity contribution is 6.13. The highest BCUT2D eigenvalue weighted by Crippen LogP contribution is 2.32. The predicted molar refractivity (Wildman–Crippen MR) is 111 cm³/mol. The number of aromatic nitrogens is 2. The monoisotopic (exact) mass is 391 g/mol. The van der Waals surface area contributed by atoms with Gasteiger partial charge in [-0.05, 0) is 55.9 Å². The van der Waals surface area contributed by atoms with Crippen molar-refractivity contribution < 1.29 is 9.53 Å². The minimum atomic E-state index is -0.00576. The van der Waals surface area contributed by atoms with Gasteiger partial charge in [0.15, 0.2) is 0 Å². The average Bonchev–Trinajstić information content (AvgIpc) is 3.35. The van der Waals surface area contributed by atoms with Crippen LogP contribution in [0.4, 0.5) is 0 Å². The second-order valence-electron chi connectivity index (χ2n) is 7.99. The zero-order valence-electron chi connectivity index (χ0n) is 16.8. The van der Waals surface area contributed by atoms with Crippen molar-refractivity contribution in [2.45, 2.75) is 26.2 Å². The Bertz CT molecular complexity index is 1020. The van der Waals surface area contributed by atoms with E-state index >= 15 is 0 Å². The van der Waals surface area contributed by atoms with E-state index < -0.39 is 0 Å². The third kappa shape index (κ3) is 3.41. The average molecular weight is 391 g/mol. The topological polar surface area (TPSA) is 63.0 Å². The summed E-state index contributed by atoms with van der Waals surface area (Å²) in [5.74, 6) is 2.32. The lowest BCUT2D eigenvalue weighted by molar-refractivity contribution is -0.123. The summed E-state index contributed by atoms with van der Waals surface area (Å²) in [5.41, 5.74) is 3.24. The number of hydrogen-bond acceptors (Lipinski definition) is 5. The molecule has 2 fully saturated rings. The van der Waals surface area contributed by atoms with E-state index in [-0.39, 0.29) is 5.91 Å². The van der Waals surface area contributed by atoms with Crippen LogP contribution in [0.5, 0.6) is 5.75 Å². The number of amides is 1. The van der Waals surface area contributed by atoms with E-state index in [9.17, 15) is 4.79 Å². The number of fused-ring (bicyclic) bond motifs is 1. The number of nitrogens with zero attached hydrogens (tertiary/aromatic N) is 5. The Labute approximate surface area is 170 Å². The third-order valence-electron chi connectivity index (χ3n) is 5.69. The summed E-state index contributed by atoms with van der Waals surface area (Å²) in [7, 11) is 1.65. The van der Waals surface area contributed by atoms with Gasteiger partial charge in [-0.2, -0.15) is 0 Å². The standard InChI is InChI=1S/C22H25N5O2/c1-15-12-26(14-23-15)19-7-6-17(11-20(19)29-2)10-18-21(28)27-9-3-8-25(22(27)24-18)13-16-4-5-16/h6-7,10-12,14,16H,3-5,8-9,13H2,1-2H3/b18-10-. The summed E-state index contributed by atoms with van der Waals surface area (Å²) in [4.78, 5) is 26.0. The van der Waals surface area contributed by atoms with Crippen molar-refractivity contribution in [1.29, 1.82) is 0 Å². The van der Waals surface area contributed by atoms with Crippen molar-refractivity contribution >= 4 is 17.9 Å². The van der Waals surface area contributed by atoms with Crippen LogP contribution < -0.4 is 4.74 Å². The fourth-order valence-electron chi connectivity index (χ4n) is 3.99. The molecule has 0 unspecified atom stereocenters. The summed E-state index contributed by atoms with van der Waals surface area (Å²) >= 11 is 0. The molecule has 29 heavy (non-hydrogen) atoms. The Morgan fingerprint density at radius 3 is 2.86 bits per heavy atom. The molecule has 1 aromatic heterocycles.